The number of anilines is 2. The number of aryl methyl sites for hydroxylation is 1. The minimum Gasteiger partial charge on any atom is -0.396 e. The molecule has 2 rings (SSSR count). The minimum atomic E-state index is -0.531. The highest BCUT2D eigenvalue weighted by molar-refractivity contribution is 6.31. The summed E-state index contributed by atoms with van der Waals surface area (Å²) in [6.45, 7) is 3.59. The first kappa shape index (κ1) is 14.3. The third-order valence-corrected chi connectivity index (χ3v) is 3.22. The number of nitrogens with two attached hydrogens (primary N) is 1. The molecular formula is C13H14ClFN4O. The number of nitrogens with zero attached hydrogens (tertiary/aromatic N) is 2. The van der Waals surface area contributed by atoms with Crippen LogP contribution >= 0.6 is 11.6 Å². The molecule has 20 heavy (non-hydrogen) atoms. The maximum Gasteiger partial charge on any atom is 0.246 e. The fourth-order valence-electron chi connectivity index (χ4n) is 1.78. The molecule has 0 aliphatic rings. The van der Waals surface area contributed by atoms with Crippen LogP contribution in [0.3, 0.4) is 0 Å². The van der Waals surface area contributed by atoms with E-state index in [1.54, 1.807) is 13.8 Å². The molecule has 0 bridgehead atoms. The average molecular weight is 297 g/mol. The first-order valence-electron chi connectivity index (χ1n) is 5.93. The number of rotatable bonds is 3. The quantitative estimate of drug-likeness (QED) is 0.914. The molecule has 1 aromatic carbocycles. The van der Waals surface area contributed by atoms with Crippen LogP contribution < -0.4 is 11.1 Å². The lowest BCUT2D eigenvalue weighted by molar-refractivity contribution is -0.116. The number of carbonyl (C=O) groups is 1. The number of hydrogen-bond acceptors (Lipinski definition) is 3. The second kappa shape index (κ2) is 5.50. The van der Waals surface area contributed by atoms with Gasteiger partial charge in [0.2, 0.25) is 5.91 Å². The fourth-order valence-corrected chi connectivity index (χ4v) is 1.96. The number of benzene rings is 1. The normalized spacial score (nSPS) is 10.6. The van der Waals surface area contributed by atoms with Crippen molar-refractivity contribution in [1.29, 1.82) is 0 Å². The number of halogens is 2. The molecule has 0 aliphatic heterocycles. The SMILES string of the molecule is Cc1nn(CC(=O)Nc2ccc(F)c(Cl)c2)c(C)c1N. The van der Waals surface area contributed by atoms with Gasteiger partial charge in [0.05, 0.1) is 22.1 Å². The van der Waals surface area contributed by atoms with Crippen molar-refractivity contribution in [3.63, 3.8) is 0 Å². The predicted octanol–water partition coefficient (Wildman–Crippen LogP) is 2.51. The summed E-state index contributed by atoms with van der Waals surface area (Å²) in [4.78, 5) is 11.9. The maximum absolute atomic E-state index is 13.0. The monoisotopic (exact) mass is 296 g/mol. The van der Waals surface area contributed by atoms with Gasteiger partial charge in [-0.25, -0.2) is 4.39 Å². The van der Waals surface area contributed by atoms with E-state index in [1.807, 2.05) is 0 Å². The Bertz CT molecular complexity index is 669. The Morgan fingerprint density at radius 2 is 2.20 bits per heavy atom. The molecule has 1 heterocycles. The van der Waals surface area contributed by atoms with Gasteiger partial charge in [0.25, 0.3) is 0 Å². The highest BCUT2D eigenvalue weighted by Gasteiger charge is 2.12. The van der Waals surface area contributed by atoms with E-state index in [2.05, 4.69) is 10.4 Å². The van der Waals surface area contributed by atoms with Gasteiger partial charge in [0.1, 0.15) is 12.4 Å². The van der Waals surface area contributed by atoms with Crippen LogP contribution in [0.5, 0.6) is 0 Å². The summed E-state index contributed by atoms with van der Waals surface area (Å²) >= 11 is 5.65. The van der Waals surface area contributed by atoms with Gasteiger partial charge < -0.3 is 11.1 Å². The van der Waals surface area contributed by atoms with Crippen LogP contribution in [0.25, 0.3) is 0 Å². The van der Waals surface area contributed by atoms with E-state index < -0.39 is 5.82 Å². The average Bonchev–Trinajstić information content (AvgIpc) is 2.61. The number of aromatic nitrogens is 2. The van der Waals surface area contributed by atoms with Gasteiger partial charge in [-0.1, -0.05) is 11.6 Å². The van der Waals surface area contributed by atoms with E-state index in [9.17, 15) is 9.18 Å². The van der Waals surface area contributed by atoms with Crippen molar-refractivity contribution in [3.8, 4) is 0 Å². The molecule has 0 fully saturated rings. The number of carbonyl (C=O) groups excluding carboxylic acids is 1. The minimum absolute atomic E-state index is 0.0267. The fraction of sp³-hybridized carbons (Fsp3) is 0.231. The Labute approximate surface area is 120 Å². The first-order chi connectivity index (χ1) is 9.38. The molecule has 106 valence electrons. The van der Waals surface area contributed by atoms with E-state index in [0.717, 1.165) is 5.69 Å². The van der Waals surface area contributed by atoms with Crippen LogP contribution in [0.4, 0.5) is 15.8 Å². The van der Waals surface area contributed by atoms with Crippen LogP contribution in [0.1, 0.15) is 11.4 Å². The summed E-state index contributed by atoms with van der Waals surface area (Å²) in [5, 5.41) is 6.75. The zero-order valence-corrected chi connectivity index (χ0v) is 11.8. The zero-order valence-electron chi connectivity index (χ0n) is 11.1. The summed E-state index contributed by atoms with van der Waals surface area (Å²) in [6, 6.07) is 3.98. The highest BCUT2D eigenvalue weighted by Crippen LogP contribution is 2.19. The zero-order chi connectivity index (χ0) is 14.9. The van der Waals surface area contributed by atoms with Gasteiger partial charge in [-0.05, 0) is 32.0 Å². The van der Waals surface area contributed by atoms with Crippen molar-refractivity contribution >= 4 is 28.9 Å². The third kappa shape index (κ3) is 2.91. The van der Waals surface area contributed by atoms with Gasteiger partial charge in [0, 0.05) is 5.69 Å². The number of nitrogen functional groups attached to an aromatic ring is 1. The van der Waals surface area contributed by atoms with Crippen molar-refractivity contribution in [2.75, 3.05) is 11.1 Å². The van der Waals surface area contributed by atoms with Gasteiger partial charge in [-0.3, -0.25) is 9.48 Å². The van der Waals surface area contributed by atoms with Gasteiger partial charge in [-0.2, -0.15) is 5.10 Å². The van der Waals surface area contributed by atoms with Crippen molar-refractivity contribution < 1.29 is 9.18 Å². The Morgan fingerprint density at radius 3 is 2.75 bits per heavy atom. The van der Waals surface area contributed by atoms with E-state index in [-0.39, 0.29) is 17.5 Å². The lowest BCUT2D eigenvalue weighted by Gasteiger charge is -2.07. The third-order valence-electron chi connectivity index (χ3n) is 2.93. The largest absolute Gasteiger partial charge is 0.396 e. The van der Waals surface area contributed by atoms with E-state index >= 15 is 0 Å². The molecular weight excluding hydrogens is 283 g/mol. The van der Waals surface area contributed by atoms with E-state index in [1.165, 1.54) is 22.9 Å². The Kier molecular flexibility index (Phi) is 3.94. The molecule has 3 N–H and O–H groups in total. The summed E-state index contributed by atoms with van der Waals surface area (Å²) < 4.78 is 14.5. The van der Waals surface area contributed by atoms with Crippen molar-refractivity contribution in [1.82, 2.24) is 9.78 Å². The van der Waals surface area contributed by atoms with Crippen molar-refractivity contribution in [3.05, 3.63) is 40.4 Å². The molecule has 0 atom stereocenters. The lowest BCUT2D eigenvalue weighted by atomic mass is 10.3. The highest BCUT2D eigenvalue weighted by atomic mass is 35.5. The summed E-state index contributed by atoms with van der Waals surface area (Å²) in [7, 11) is 0. The topological polar surface area (TPSA) is 72.9 Å². The summed E-state index contributed by atoms with van der Waals surface area (Å²) in [5.74, 6) is -0.825. The second-order valence-corrected chi connectivity index (χ2v) is 4.83. The van der Waals surface area contributed by atoms with E-state index in [0.29, 0.717) is 17.1 Å². The lowest BCUT2D eigenvalue weighted by Crippen LogP contribution is -2.20. The van der Waals surface area contributed by atoms with Crippen LogP contribution in [-0.4, -0.2) is 15.7 Å². The van der Waals surface area contributed by atoms with Crippen LogP contribution in [0, 0.1) is 19.7 Å². The first-order valence-corrected chi connectivity index (χ1v) is 6.30. The molecule has 5 nitrogen and oxygen atoms in total. The predicted molar refractivity (Wildman–Crippen MR) is 76.2 cm³/mol. The second-order valence-electron chi connectivity index (χ2n) is 4.42. The molecule has 1 aromatic heterocycles. The van der Waals surface area contributed by atoms with Gasteiger partial charge >= 0.3 is 0 Å². The van der Waals surface area contributed by atoms with Gasteiger partial charge in [-0.15, -0.1) is 0 Å². The molecule has 0 aliphatic carbocycles. The molecule has 7 heteroatoms. The van der Waals surface area contributed by atoms with Crippen molar-refractivity contribution in [2.24, 2.45) is 0 Å². The van der Waals surface area contributed by atoms with E-state index in [4.69, 9.17) is 17.3 Å². The van der Waals surface area contributed by atoms with Crippen molar-refractivity contribution in [2.45, 2.75) is 20.4 Å². The molecule has 1 amide bonds. The number of hydrogen-bond donors (Lipinski definition) is 2. The summed E-state index contributed by atoms with van der Waals surface area (Å²) in [5.41, 5.74) is 8.20. The Hall–Kier alpha value is -2.08. The molecule has 0 saturated carbocycles. The smallest absolute Gasteiger partial charge is 0.246 e. The summed E-state index contributed by atoms with van der Waals surface area (Å²) in [6.07, 6.45) is 0. The van der Waals surface area contributed by atoms with Crippen LogP contribution in [0.15, 0.2) is 18.2 Å². The number of amides is 1. The standard InChI is InChI=1S/C13H14ClFN4O/c1-7-13(16)8(2)19(18-7)6-12(20)17-9-3-4-11(15)10(14)5-9/h3-5H,6,16H2,1-2H3,(H,17,20). The van der Waals surface area contributed by atoms with Gasteiger partial charge in [0.15, 0.2) is 0 Å². The molecule has 0 spiro atoms. The Morgan fingerprint density at radius 1 is 1.50 bits per heavy atom. The molecule has 2 aromatic rings. The van der Waals surface area contributed by atoms with Crippen LogP contribution in [-0.2, 0) is 11.3 Å². The molecule has 0 unspecified atom stereocenters. The number of nitrogens with one attached hydrogen (secondary N) is 1. The Balaban J connectivity index is 2.09. The van der Waals surface area contributed by atoms with Crippen LogP contribution in [0.2, 0.25) is 5.02 Å². The molecule has 0 radical (unpaired) electrons. The molecule has 0 saturated heterocycles. The maximum atomic E-state index is 13.0.